The summed E-state index contributed by atoms with van der Waals surface area (Å²) in [6.45, 7) is 0.678. The highest BCUT2D eigenvalue weighted by atomic mass is 32.1. The molecule has 0 spiro atoms. The number of amides is 1. The van der Waals surface area contributed by atoms with Crippen LogP contribution in [0.25, 0.3) is 10.4 Å². The normalized spacial score (nSPS) is 13.0. The van der Waals surface area contributed by atoms with E-state index in [0.717, 1.165) is 21.8 Å². The molecule has 0 radical (unpaired) electrons. The molecule has 5 nitrogen and oxygen atoms in total. The molecular weight excluding hydrogens is 336 g/mol. The van der Waals surface area contributed by atoms with Gasteiger partial charge in [0.25, 0.3) is 5.91 Å². The van der Waals surface area contributed by atoms with Gasteiger partial charge in [0.05, 0.1) is 18.0 Å². The average molecular weight is 352 g/mol. The lowest BCUT2D eigenvalue weighted by atomic mass is 10.1. The van der Waals surface area contributed by atoms with Crippen molar-refractivity contribution in [2.24, 2.45) is 0 Å². The standard InChI is InChI=1S/C19H16N2O3S/c20-15-5-3-12(18-2-1-7-25-18)9-16(15)21-19(22)13-4-6-17-14(8-13)10-23-11-24-17/h1-9H,10-11,20H2,(H,21,22). The number of rotatable bonds is 3. The number of anilines is 2. The van der Waals surface area contributed by atoms with Crippen molar-refractivity contribution in [1.82, 2.24) is 0 Å². The van der Waals surface area contributed by atoms with Gasteiger partial charge in [-0.25, -0.2) is 0 Å². The molecule has 1 aliphatic rings. The Kier molecular flexibility index (Phi) is 4.13. The van der Waals surface area contributed by atoms with Crippen LogP contribution < -0.4 is 15.8 Å². The van der Waals surface area contributed by atoms with E-state index in [1.165, 1.54) is 0 Å². The van der Waals surface area contributed by atoms with Gasteiger partial charge in [0.1, 0.15) is 5.75 Å². The maximum atomic E-state index is 12.6. The van der Waals surface area contributed by atoms with E-state index in [1.807, 2.05) is 29.6 Å². The summed E-state index contributed by atoms with van der Waals surface area (Å²) in [5.41, 5.74) is 9.57. The Morgan fingerprint density at radius 3 is 2.92 bits per heavy atom. The Morgan fingerprint density at radius 2 is 2.08 bits per heavy atom. The van der Waals surface area contributed by atoms with E-state index in [9.17, 15) is 4.79 Å². The molecule has 2 heterocycles. The maximum Gasteiger partial charge on any atom is 0.255 e. The smallest absolute Gasteiger partial charge is 0.255 e. The molecule has 126 valence electrons. The van der Waals surface area contributed by atoms with Crippen LogP contribution in [0.3, 0.4) is 0 Å². The van der Waals surface area contributed by atoms with Crippen molar-refractivity contribution in [2.75, 3.05) is 17.8 Å². The zero-order valence-electron chi connectivity index (χ0n) is 13.3. The van der Waals surface area contributed by atoms with Gasteiger partial charge >= 0.3 is 0 Å². The molecule has 0 bridgehead atoms. The molecule has 0 saturated heterocycles. The molecule has 3 aromatic rings. The molecule has 3 N–H and O–H groups in total. The van der Waals surface area contributed by atoms with Gasteiger partial charge in [-0.2, -0.15) is 0 Å². The lowest BCUT2D eigenvalue weighted by molar-refractivity contribution is -0.0163. The first-order chi connectivity index (χ1) is 12.2. The number of hydrogen-bond acceptors (Lipinski definition) is 5. The molecule has 1 amide bonds. The van der Waals surface area contributed by atoms with Gasteiger partial charge in [-0.15, -0.1) is 11.3 Å². The van der Waals surface area contributed by atoms with E-state index in [2.05, 4.69) is 5.32 Å². The van der Waals surface area contributed by atoms with Crippen LogP contribution in [0.2, 0.25) is 0 Å². The summed E-state index contributed by atoms with van der Waals surface area (Å²) in [6.07, 6.45) is 0. The summed E-state index contributed by atoms with van der Waals surface area (Å²) in [5.74, 6) is 0.533. The van der Waals surface area contributed by atoms with E-state index in [4.69, 9.17) is 15.2 Å². The number of nitrogens with two attached hydrogens (primary N) is 1. The monoisotopic (exact) mass is 352 g/mol. The van der Waals surface area contributed by atoms with Crippen molar-refractivity contribution in [3.8, 4) is 16.2 Å². The Hall–Kier alpha value is -2.83. The Balaban J connectivity index is 1.59. The highest BCUT2D eigenvalue weighted by Gasteiger charge is 2.15. The van der Waals surface area contributed by atoms with Crippen molar-refractivity contribution >= 4 is 28.6 Å². The highest BCUT2D eigenvalue weighted by molar-refractivity contribution is 7.13. The van der Waals surface area contributed by atoms with Gasteiger partial charge < -0.3 is 20.5 Å². The van der Waals surface area contributed by atoms with Crippen LogP contribution in [0.15, 0.2) is 53.9 Å². The number of thiophene rings is 1. The number of nitrogen functional groups attached to an aromatic ring is 1. The molecule has 0 fully saturated rings. The summed E-state index contributed by atoms with van der Waals surface area (Å²) in [7, 11) is 0. The Bertz CT molecular complexity index is 922. The minimum absolute atomic E-state index is 0.219. The molecule has 0 aliphatic carbocycles. The predicted octanol–water partition coefficient (Wildman–Crippen LogP) is 4.12. The molecule has 25 heavy (non-hydrogen) atoms. The quantitative estimate of drug-likeness (QED) is 0.696. The Labute approximate surface area is 149 Å². The van der Waals surface area contributed by atoms with Crippen LogP contribution >= 0.6 is 11.3 Å². The lowest BCUT2D eigenvalue weighted by Crippen LogP contribution is -2.16. The molecular formula is C19H16N2O3S. The van der Waals surface area contributed by atoms with E-state index in [1.54, 1.807) is 35.6 Å². The lowest BCUT2D eigenvalue weighted by Gasteiger charge is -2.18. The van der Waals surface area contributed by atoms with Gasteiger partial charge in [0, 0.05) is 16.0 Å². The van der Waals surface area contributed by atoms with Crippen molar-refractivity contribution in [3.63, 3.8) is 0 Å². The minimum atomic E-state index is -0.219. The van der Waals surface area contributed by atoms with Crippen LogP contribution in [0.4, 0.5) is 11.4 Å². The van der Waals surface area contributed by atoms with Gasteiger partial charge in [-0.05, 0) is 47.3 Å². The number of hydrogen-bond donors (Lipinski definition) is 2. The van der Waals surface area contributed by atoms with Crippen molar-refractivity contribution in [2.45, 2.75) is 6.61 Å². The summed E-state index contributed by atoms with van der Waals surface area (Å²) in [4.78, 5) is 13.7. The van der Waals surface area contributed by atoms with E-state index >= 15 is 0 Å². The van der Waals surface area contributed by atoms with Gasteiger partial charge in [0.2, 0.25) is 0 Å². The second-order valence-corrected chi connectivity index (χ2v) is 6.61. The first-order valence-electron chi connectivity index (χ1n) is 7.79. The van der Waals surface area contributed by atoms with Crippen molar-refractivity contribution in [3.05, 3.63) is 65.0 Å². The van der Waals surface area contributed by atoms with E-state index in [-0.39, 0.29) is 12.7 Å². The second kappa shape index (κ2) is 6.58. The second-order valence-electron chi connectivity index (χ2n) is 5.67. The number of carbonyl (C=O) groups excluding carboxylic acids is 1. The minimum Gasteiger partial charge on any atom is -0.467 e. The van der Waals surface area contributed by atoms with Crippen LogP contribution in [-0.4, -0.2) is 12.7 Å². The fraction of sp³-hybridized carbons (Fsp3) is 0.105. The fourth-order valence-electron chi connectivity index (χ4n) is 2.69. The summed E-state index contributed by atoms with van der Waals surface area (Å²) in [6, 6.07) is 15.0. The zero-order valence-corrected chi connectivity index (χ0v) is 14.1. The molecule has 0 atom stereocenters. The van der Waals surface area contributed by atoms with E-state index < -0.39 is 0 Å². The molecule has 0 saturated carbocycles. The summed E-state index contributed by atoms with van der Waals surface area (Å²) in [5, 5.41) is 4.91. The molecule has 2 aromatic carbocycles. The third-order valence-electron chi connectivity index (χ3n) is 3.99. The topological polar surface area (TPSA) is 73.6 Å². The van der Waals surface area contributed by atoms with Crippen LogP contribution in [0, 0.1) is 0 Å². The SMILES string of the molecule is Nc1ccc(-c2cccs2)cc1NC(=O)c1ccc2c(c1)COCO2. The zero-order chi connectivity index (χ0) is 17.2. The number of fused-ring (bicyclic) bond motifs is 1. The first-order valence-corrected chi connectivity index (χ1v) is 8.67. The Morgan fingerprint density at radius 1 is 1.16 bits per heavy atom. The fourth-order valence-corrected chi connectivity index (χ4v) is 3.41. The summed E-state index contributed by atoms with van der Waals surface area (Å²) < 4.78 is 10.6. The number of carbonyl (C=O) groups is 1. The summed E-state index contributed by atoms with van der Waals surface area (Å²) >= 11 is 1.64. The van der Waals surface area contributed by atoms with Crippen molar-refractivity contribution in [1.29, 1.82) is 0 Å². The molecule has 4 rings (SSSR count). The maximum absolute atomic E-state index is 12.6. The van der Waals surface area contributed by atoms with Gasteiger partial charge in [-0.3, -0.25) is 4.79 Å². The third-order valence-corrected chi connectivity index (χ3v) is 4.90. The van der Waals surface area contributed by atoms with Crippen molar-refractivity contribution < 1.29 is 14.3 Å². The van der Waals surface area contributed by atoms with Crippen LogP contribution in [0.1, 0.15) is 15.9 Å². The largest absolute Gasteiger partial charge is 0.467 e. The average Bonchev–Trinajstić information content (AvgIpc) is 3.18. The van der Waals surface area contributed by atoms with Crippen LogP contribution in [0.5, 0.6) is 5.75 Å². The number of ether oxygens (including phenoxy) is 2. The first kappa shape index (κ1) is 15.7. The predicted molar refractivity (Wildman–Crippen MR) is 98.8 cm³/mol. The van der Waals surface area contributed by atoms with Gasteiger partial charge in [-0.1, -0.05) is 12.1 Å². The molecule has 6 heteroatoms. The highest BCUT2D eigenvalue weighted by Crippen LogP contribution is 2.31. The molecule has 1 aromatic heterocycles. The molecule has 1 aliphatic heterocycles. The third kappa shape index (κ3) is 3.22. The number of nitrogens with one attached hydrogen (secondary N) is 1. The number of benzene rings is 2. The van der Waals surface area contributed by atoms with Gasteiger partial charge in [0.15, 0.2) is 6.79 Å². The molecule has 0 unspecified atom stereocenters. The van der Waals surface area contributed by atoms with Crippen LogP contribution in [-0.2, 0) is 11.3 Å². The van der Waals surface area contributed by atoms with E-state index in [0.29, 0.717) is 23.5 Å².